The second kappa shape index (κ2) is 18.4. The first kappa shape index (κ1) is 35.1. The topological polar surface area (TPSA) is 24.5 Å². The molecule has 0 aromatic heterocycles. The number of ether oxygens (including phenoxy) is 1. The van der Waals surface area contributed by atoms with Crippen molar-refractivity contribution in [2.75, 3.05) is 26.7 Å². The Hall–Kier alpha value is -3.40. The molecule has 1 N–H and O–H groups in total. The average Bonchev–Trinajstić information content (AvgIpc) is 3.05. The van der Waals surface area contributed by atoms with Gasteiger partial charge in [0, 0.05) is 11.1 Å². The molecular weight excluding hydrogens is 536 g/mol. The van der Waals surface area contributed by atoms with E-state index in [1.54, 1.807) is 0 Å². The van der Waals surface area contributed by atoms with Gasteiger partial charge in [-0.25, -0.2) is 0 Å². The summed E-state index contributed by atoms with van der Waals surface area (Å²) in [7, 11) is 2.24. The van der Waals surface area contributed by atoms with E-state index in [0.29, 0.717) is 6.61 Å². The molecule has 0 fully saturated rings. The first-order valence-electron chi connectivity index (χ1n) is 16.6. The molecule has 0 bridgehead atoms. The van der Waals surface area contributed by atoms with Crippen molar-refractivity contribution < 1.29 is 4.74 Å². The molecule has 0 amide bonds. The summed E-state index contributed by atoms with van der Waals surface area (Å²) in [6.45, 7) is 14.0. The fraction of sp³-hybridized carbons (Fsp3) is 0.415. The number of aryl methyl sites for hydroxylation is 2. The Labute approximate surface area is 268 Å². The first-order chi connectivity index (χ1) is 21.2. The molecule has 0 aliphatic heterocycles. The zero-order valence-electron chi connectivity index (χ0n) is 28.2. The van der Waals surface area contributed by atoms with Gasteiger partial charge in [-0.2, -0.15) is 0 Å². The summed E-state index contributed by atoms with van der Waals surface area (Å²) in [5.74, 6) is 0.936. The van der Waals surface area contributed by atoms with Crippen LogP contribution in [0.4, 0.5) is 0 Å². The fourth-order valence-corrected chi connectivity index (χ4v) is 5.42. The van der Waals surface area contributed by atoms with Crippen LogP contribution in [0.5, 0.6) is 5.75 Å². The van der Waals surface area contributed by atoms with Crippen LogP contribution in [0.3, 0.4) is 0 Å². The lowest BCUT2D eigenvalue weighted by atomic mass is 9.92. The van der Waals surface area contributed by atoms with Crippen LogP contribution in [0, 0.1) is 0 Å². The Bertz CT molecular complexity index is 1290. The molecule has 0 atom stereocenters. The van der Waals surface area contributed by atoms with Crippen molar-refractivity contribution in [1.29, 1.82) is 0 Å². The lowest BCUT2D eigenvalue weighted by Crippen LogP contribution is -2.39. The maximum absolute atomic E-state index is 5.50. The van der Waals surface area contributed by atoms with E-state index in [-0.39, 0.29) is 11.1 Å². The minimum Gasteiger partial charge on any atom is -0.494 e. The third kappa shape index (κ3) is 11.9. The number of hydrogen-bond acceptors (Lipinski definition) is 3. The van der Waals surface area contributed by atoms with Crippen molar-refractivity contribution >= 4 is 0 Å². The highest BCUT2D eigenvalue weighted by Crippen LogP contribution is 2.26. The largest absolute Gasteiger partial charge is 0.494 e. The van der Waals surface area contributed by atoms with Gasteiger partial charge in [-0.05, 0) is 121 Å². The molecule has 0 aliphatic rings. The molecule has 3 nitrogen and oxygen atoms in total. The van der Waals surface area contributed by atoms with E-state index in [1.165, 1.54) is 47.9 Å². The quantitative estimate of drug-likeness (QED) is 0.131. The van der Waals surface area contributed by atoms with Crippen LogP contribution >= 0.6 is 0 Å². The highest BCUT2D eigenvalue weighted by atomic mass is 16.5. The first-order valence-corrected chi connectivity index (χ1v) is 16.6. The summed E-state index contributed by atoms with van der Waals surface area (Å²) in [6, 6.07) is 40.7. The number of unbranched alkanes of at least 4 members (excludes halogenated alkanes) is 2. The molecule has 236 valence electrons. The third-order valence-electron chi connectivity index (χ3n) is 8.68. The zero-order valence-corrected chi connectivity index (χ0v) is 28.2. The van der Waals surface area contributed by atoms with Crippen molar-refractivity contribution in [1.82, 2.24) is 10.2 Å². The Morgan fingerprint density at radius 1 is 0.591 bits per heavy atom. The van der Waals surface area contributed by atoms with Crippen molar-refractivity contribution in [3.05, 3.63) is 138 Å². The molecule has 3 heteroatoms. The monoisotopic (exact) mass is 592 g/mol. The minimum absolute atomic E-state index is 0.0264. The van der Waals surface area contributed by atoms with Crippen LogP contribution in [0.2, 0.25) is 0 Å². The SMILES string of the molecule is CCOc1ccc(C(C)(C)NCCCc2ccccc2)cc1.CN(CCCCCc1ccccc1)C(C)(C)c1ccccc1. The van der Waals surface area contributed by atoms with Crippen LogP contribution in [0.15, 0.2) is 115 Å². The minimum atomic E-state index is -0.0264. The molecule has 0 heterocycles. The van der Waals surface area contributed by atoms with Crippen LogP contribution in [0.1, 0.15) is 82.6 Å². The van der Waals surface area contributed by atoms with Gasteiger partial charge in [0.15, 0.2) is 0 Å². The lowest BCUT2D eigenvalue weighted by molar-refractivity contribution is 0.153. The van der Waals surface area contributed by atoms with Gasteiger partial charge < -0.3 is 10.1 Å². The summed E-state index contributed by atoms with van der Waals surface area (Å²) in [6.07, 6.45) is 7.30. The van der Waals surface area contributed by atoms with Gasteiger partial charge in [0.1, 0.15) is 5.75 Å². The van der Waals surface area contributed by atoms with Crippen molar-refractivity contribution in [2.45, 2.75) is 84.2 Å². The lowest BCUT2D eigenvalue weighted by Gasteiger charge is -2.36. The van der Waals surface area contributed by atoms with E-state index >= 15 is 0 Å². The maximum Gasteiger partial charge on any atom is 0.119 e. The average molecular weight is 593 g/mol. The van der Waals surface area contributed by atoms with E-state index in [0.717, 1.165) is 31.7 Å². The smallest absolute Gasteiger partial charge is 0.119 e. The molecule has 4 aromatic rings. The number of hydrogen-bond donors (Lipinski definition) is 1. The van der Waals surface area contributed by atoms with E-state index in [1.807, 2.05) is 19.1 Å². The molecule has 0 saturated carbocycles. The molecule has 0 aliphatic carbocycles. The number of benzene rings is 4. The Balaban J connectivity index is 0.000000240. The van der Waals surface area contributed by atoms with Gasteiger partial charge in [0.05, 0.1) is 6.61 Å². The Morgan fingerprint density at radius 2 is 1.11 bits per heavy atom. The predicted octanol–water partition coefficient (Wildman–Crippen LogP) is 9.81. The van der Waals surface area contributed by atoms with E-state index in [9.17, 15) is 0 Å². The van der Waals surface area contributed by atoms with Crippen LogP contribution in [0.25, 0.3) is 0 Å². The molecule has 0 spiro atoms. The summed E-state index contributed by atoms with van der Waals surface area (Å²) in [4.78, 5) is 2.48. The molecule has 44 heavy (non-hydrogen) atoms. The summed E-state index contributed by atoms with van der Waals surface area (Å²) in [5.41, 5.74) is 5.61. The molecule has 0 saturated heterocycles. The van der Waals surface area contributed by atoms with Crippen LogP contribution in [-0.4, -0.2) is 31.6 Å². The van der Waals surface area contributed by atoms with Gasteiger partial charge in [0.25, 0.3) is 0 Å². The summed E-state index contributed by atoms with van der Waals surface area (Å²) in [5, 5.41) is 3.66. The molecule has 0 unspecified atom stereocenters. The number of nitrogens with zero attached hydrogens (tertiary/aromatic N) is 1. The van der Waals surface area contributed by atoms with Crippen molar-refractivity contribution in [2.24, 2.45) is 0 Å². The molecule has 4 rings (SSSR count). The van der Waals surface area contributed by atoms with Gasteiger partial charge in [-0.3, -0.25) is 4.90 Å². The summed E-state index contributed by atoms with van der Waals surface area (Å²) >= 11 is 0. The standard InChI is InChI=1S/C21H29N.C20H27NO/c1-21(2,20-16-10-5-11-17-20)22(3)18-12-6-9-15-19-13-7-4-8-14-19;1-4-22-19-14-12-18(13-15-19)20(2,3)21-16-8-11-17-9-6-5-7-10-17/h4-5,7-8,10-11,13-14,16-17H,6,9,12,15,18H2,1-3H3;5-7,9-10,12-15,21H,4,8,11,16H2,1-3H3. The normalized spacial score (nSPS) is 11.6. The van der Waals surface area contributed by atoms with Gasteiger partial charge >= 0.3 is 0 Å². The fourth-order valence-electron chi connectivity index (χ4n) is 5.42. The second-order valence-electron chi connectivity index (χ2n) is 12.7. The van der Waals surface area contributed by atoms with Crippen LogP contribution in [-0.2, 0) is 23.9 Å². The number of rotatable bonds is 16. The van der Waals surface area contributed by atoms with Gasteiger partial charge in [0.2, 0.25) is 0 Å². The highest BCUT2D eigenvalue weighted by Gasteiger charge is 2.24. The molecular formula is C41H56N2O. The molecule has 4 aromatic carbocycles. The van der Waals surface area contributed by atoms with Gasteiger partial charge in [-0.1, -0.05) is 110 Å². The number of nitrogens with one attached hydrogen (secondary N) is 1. The Morgan fingerprint density at radius 3 is 1.66 bits per heavy atom. The predicted molar refractivity (Wildman–Crippen MR) is 189 cm³/mol. The van der Waals surface area contributed by atoms with Crippen LogP contribution < -0.4 is 10.1 Å². The van der Waals surface area contributed by atoms with E-state index in [2.05, 4.69) is 148 Å². The molecule has 0 radical (unpaired) electrons. The second-order valence-corrected chi connectivity index (χ2v) is 12.7. The Kier molecular flexibility index (Phi) is 14.7. The third-order valence-corrected chi connectivity index (χ3v) is 8.68. The highest BCUT2D eigenvalue weighted by molar-refractivity contribution is 5.31. The van der Waals surface area contributed by atoms with Crippen molar-refractivity contribution in [3.63, 3.8) is 0 Å². The van der Waals surface area contributed by atoms with Gasteiger partial charge in [-0.15, -0.1) is 0 Å². The van der Waals surface area contributed by atoms with Crippen molar-refractivity contribution in [3.8, 4) is 5.75 Å². The zero-order chi connectivity index (χ0) is 31.7. The maximum atomic E-state index is 5.50. The summed E-state index contributed by atoms with van der Waals surface area (Å²) < 4.78 is 5.50. The van der Waals surface area contributed by atoms with E-state index < -0.39 is 0 Å². The van der Waals surface area contributed by atoms with E-state index in [4.69, 9.17) is 4.74 Å².